The lowest BCUT2D eigenvalue weighted by molar-refractivity contribution is -0.168. The Morgan fingerprint density at radius 1 is 1.58 bits per heavy atom. The van der Waals surface area contributed by atoms with Gasteiger partial charge in [-0.2, -0.15) is 12.7 Å². The predicted molar refractivity (Wildman–Crippen MR) is 39.1 cm³/mol. The van der Waals surface area contributed by atoms with Crippen molar-refractivity contribution in [1.82, 2.24) is 10.4 Å². The van der Waals surface area contributed by atoms with Crippen LogP contribution in [-0.4, -0.2) is 38.8 Å². The molecule has 1 atom stereocenters. The SMILES string of the molecule is CC12CNCCN1OS(=O)(=O)O2. The van der Waals surface area contributed by atoms with Gasteiger partial charge in [0.25, 0.3) is 0 Å². The Morgan fingerprint density at radius 2 is 2.33 bits per heavy atom. The van der Waals surface area contributed by atoms with Gasteiger partial charge in [-0.1, -0.05) is 0 Å². The van der Waals surface area contributed by atoms with Crippen molar-refractivity contribution in [2.75, 3.05) is 19.6 Å². The number of hydroxylamine groups is 2. The second-order valence-corrected chi connectivity index (χ2v) is 4.15. The van der Waals surface area contributed by atoms with E-state index in [9.17, 15) is 8.42 Å². The molecule has 2 aliphatic rings. The van der Waals surface area contributed by atoms with Crippen LogP contribution in [0, 0.1) is 0 Å². The Hall–Kier alpha value is -0.210. The molecule has 0 aromatic rings. The molecule has 0 saturated carbocycles. The fourth-order valence-corrected chi connectivity index (χ4v) is 2.42. The van der Waals surface area contributed by atoms with Gasteiger partial charge in [-0.3, -0.25) is 0 Å². The van der Waals surface area contributed by atoms with E-state index in [0.29, 0.717) is 19.6 Å². The van der Waals surface area contributed by atoms with E-state index < -0.39 is 16.1 Å². The smallest absolute Gasteiger partial charge is 0.311 e. The lowest BCUT2D eigenvalue weighted by atomic mass is 10.2. The first-order valence-corrected chi connectivity index (χ1v) is 4.99. The van der Waals surface area contributed by atoms with Gasteiger partial charge in [-0.05, 0) is 6.92 Å². The van der Waals surface area contributed by atoms with Gasteiger partial charge in [0.2, 0.25) is 0 Å². The highest BCUT2D eigenvalue weighted by molar-refractivity contribution is 7.82. The first-order valence-electron chi connectivity index (χ1n) is 3.65. The van der Waals surface area contributed by atoms with Crippen LogP contribution < -0.4 is 5.32 Å². The van der Waals surface area contributed by atoms with Gasteiger partial charge >= 0.3 is 10.4 Å². The summed E-state index contributed by atoms with van der Waals surface area (Å²) < 4.78 is 31.1. The Balaban J connectivity index is 2.28. The van der Waals surface area contributed by atoms with Gasteiger partial charge in [-0.15, -0.1) is 5.06 Å². The number of rotatable bonds is 0. The number of hydrogen-bond donors (Lipinski definition) is 1. The molecule has 1 unspecified atom stereocenters. The number of hydrogen-bond acceptors (Lipinski definition) is 6. The lowest BCUT2D eigenvalue weighted by Gasteiger charge is -2.33. The van der Waals surface area contributed by atoms with Crippen molar-refractivity contribution in [1.29, 1.82) is 0 Å². The minimum absolute atomic E-state index is 0.451. The first kappa shape index (κ1) is 8.39. The van der Waals surface area contributed by atoms with Crippen LogP contribution in [0.4, 0.5) is 0 Å². The molecule has 2 aliphatic heterocycles. The van der Waals surface area contributed by atoms with E-state index in [1.807, 2.05) is 0 Å². The van der Waals surface area contributed by atoms with Crippen molar-refractivity contribution in [2.24, 2.45) is 0 Å². The van der Waals surface area contributed by atoms with E-state index in [4.69, 9.17) is 4.18 Å². The molecule has 2 fully saturated rings. The maximum atomic E-state index is 10.9. The molecule has 0 spiro atoms. The maximum Gasteiger partial charge on any atom is 0.418 e. The zero-order chi connectivity index (χ0) is 8.82. The summed E-state index contributed by atoms with van der Waals surface area (Å²) in [5, 5.41) is 4.37. The summed E-state index contributed by atoms with van der Waals surface area (Å²) in [5.41, 5.74) is -0.864. The Bertz CT molecular complexity index is 290. The second-order valence-electron chi connectivity index (χ2n) is 3.02. The normalized spacial score (nSPS) is 41.1. The Labute approximate surface area is 70.7 Å². The van der Waals surface area contributed by atoms with E-state index >= 15 is 0 Å². The molecular formula is C5H10N2O4S. The molecule has 70 valence electrons. The highest BCUT2D eigenvalue weighted by Gasteiger charge is 2.49. The van der Waals surface area contributed by atoms with Crippen LogP contribution in [0.1, 0.15) is 6.92 Å². The fraction of sp³-hybridized carbons (Fsp3) is 1.00. The van der Waals surface area contributed by atoms with Crippen LogP contribution in [0.15, 0.2) is 0 Å². The summed E-state index contributed by atoms with van der Waals surface area (Å²) in [6, 6.07) is 0. The van der Waals surface area contributed by atoms with E-state index in [1.165, 1.54) is 5.06 Å². The van der Waals surface area contributed by atoms with Gasteiger partial charge in [-0.25, -0.2) is 4.18 Å². The van der Waals surface area contributed by atoms with Crippen LogP contribution in [-0.2, 0) is 18.9 Å². The number of piperazine rings is 1. The summed E-state index contributed by atoms with van der Waals surface area (Å²) in [5.74, 6) is 0. The molecule has 0 aliphatic carbocycles. The van der Waals surface area contributed by atoms with Crippen LogP contribution in [0.3, 0.4) is 0 Å². The molecule has 0 amide bonds. The molecule has 2 saturated heterocycles. The van der Waals surface area contributed by atoms with Crippen LogP contribution >= 0.6 is 0 Å². The van der Waals surface area contributed by atoms with Crippen molar-refractivity contribution < 1.29 is 16.9 Å². The van der Waals surface area contributed by atoms with Gasteiger partial charge in [0.1, 0.15) is 0 Å². The maximum absolute atomic E-state index is 10.9. The standard InChI is InChI=1S/C5H10N2O4S/c1-5-4-6-2-3-7(5)11-12(8,9)10-5/h6H,2-4H2,1H3. The molecule has 2 heterocycles. The minimum atomic E-state index is -3.80. The fourth-order valence-electron chi connectivity index (χ4n) is 1.36. The molecule has 0 aromatic carbocycles. The van der Waals surface area contributed by atoms with Gasteiger partial charge < -0.3 is 5.32 Å². The van der Waals surface area contributed by atoms with Crippen molar-refractivity contribution in [3.8, 4) is 0 Å². The summed E-state index contributed by atoms with van der Waals surface area (Å²) in [6.45, 7) is 3.33. The molecule has 6 nitrogen and oxygen atoms in total. The molecule has 0 radical (unpaired) electrons. The van der Waals surface area contributed by atoms with Gasteiger partial charge in [0.05, 0.1) is 0 Å². The average Bonchev–Trinajstić information content (AvgIpc) is 2.16. The van der Waals surface area contributed by atoms with E-state index in [0.717, 1.165) is 0 Å². The first-order chi connectivity index (χ1) is 5.52. The number of fused-ring (bicyclic) bond motifs is 1. The molecule has 0 bridgehead atoms. The zero-order valence-corrected chi connectivity index (χ0v) is 7.43. The largest absolute Gasteiger partial charge is 0.418 e. The molecule has 0 aromatic heterocycles. The predicted octanol–water partition coefficient (Wildman–Crippen LogP) is -1.19. The van der Waals surface area contributed by atoms with E-state index in [1.54, 1.807) is 6.92 Å². The quantitative estimate of drug-likeness (QED) is 0.523. The zero-order valence-electron chi connectivity index (χ0n) is 6.61. The van der Waals surface area contributed by atoms with Crippen molar-refractivity contribution in [3.63, 3.8) is 0 Å². The second kappa shape index (κ2) is 2.39. The molecule has 1 N–H and O–H groups in total. The minimum Gasteiger partial charge on any atom is -0.311 e. The van der Waals surface area contributed by atoms with E-state index in [-0.39, 0.29) is 0 Å². The highest BCUT2D eigenvalue weighted by Crippen LogP contribution is 2.30. The van der Waals surface area contributed by atoms with Gasteiger partial charge in [0.15, 0.2) is 5.72 Å². The lowest BCUT2D eigenvalue weighted by Crippen LogP contribution is -2.56. The van der Waals surface area contributed by atoms with Crippen molar-refractivity contribution in [3.05, 3.63) is 0 Å². The van der Waals surface area contributed by atoms with Crippen LogP contribution in [0.25, 0.3) is 0 Å². The Kier molecular flexibility index (Phi) is 1.67. The molecule has 12 heavy (non-hydrogen) atoms. The summed E-state index contributed by atoms with van der Waals surface area (Å²) >= 11 is 0. The molecule has 2 rings (SSSR count). The third kappa shape index (κ3) is 1.23. The Morgan fingerprint density at radius 3 is 3.00 bits per heavy atom. The number of nitrogens with zero attached hydrogens (tertiary/aromatic N) is 1. The van der Waals surface area contributed by atoms with E-state index in [2.05, 4.69) is 9.60 Å². The monoisotopic (exact) mass is 194 g/mol. The van der Waals surface area contributed by atoms with Crippen LogP contribution in [0.2, 0.25) is 0 Å². The third-order valence-corrected chi connectivity index (χ3v) is 2.86. The van der Waals surface area contributed by atoms with Crippen molar-refractivity contribution >= 4 is 10.4 Å². The van der Waals surface area contributed by atoms with Crippen molar-refractivity contribution in [2.45, 2.75) is 12.6 Å². The van der Waals surface area contributed by atoms with Gasteiger partial charge in [0, 0.05) is 19.6 Å². The summed E-state index contributed by atoms with van der Waals surface area (Å²) in [4.78, 5) is 0. The van der Waals surface area contributed by atoms with Crippen LogP contribution in [0.5, 0.6) is 0 Å². The summed E-state index contributed by atoms with van der Waals surface area (Å²) in [7, 11) is -3.80. The highest BCUT2D eigenvalue weighted by atomic mass is 32.3. The molecular weight excluding hydrogens is 184 g/mol. The number of nitrogens with one attached hydrogen (secondary N) is 1. The molecule has 7 heteroatoms. The topological polar surface area (TPSA) is 67.9 Å². The average molecular weight is 194 g/mol. The summed E-state index contributed by atoms with van der Waals surface area (Å²) in [6.07, 6.45) is 0. The third-order valence-electron chi connectivity index (χ3n) is 1.94.